The summed E-state index contributed by atoms with van der Waals surface area (Å²) in [5, 5.41) is 11.3. The topological polar surface area (TPSA) is 80.9 Å². The molecule has 1 aromatic carbocycles. The summed E-state index contributed by atoms with van der Waals surface area (Å²) in [6.45, 7) is 6.52. The van der Waals surface area contributed by atoms with Crippen molar-refractivity contribution in [1.82, 2.24) is 14.9 Å². The second-order valence-electron chi connectivity index (χ2n) is 7.79. The van der Waals surface area contributed by atoms with Gasteiger partial charge in [-0.2, -0.15) is 4.98 Å². The average molecular weight is 442 g/mol. The number of hydrogen-bond donors (Lipinski definition) is 1. The lowest BCUT2D eigenvalue weighted by atomic mass is 9.85. The van der Waals surface area contributed by atoms with Gasteiger partial charge >= 0.3 is 6.01 Å². The second-order valence-corrected chi connectivity index (χ2v) is 7.79. The molecule has 0 atom stereocenters. The zero-order chi connectivity index (χ0) is 22.6. The molecular formula is C24H28FN3O4. The molecule has 1 aliphatic heterocycles. The molecular weight excluding hydrogens is 413 g/mol. The first-order valence-corrected chi connectivity index (χ1v) is 10.9. The fourth-order valence-electron chi connectivity index (χ4n) is 3.96. The molecule has 0 unspecified atom stereocenters. The fourth-order valence-corrected chi connectivity index (χ4v) is 3.96. The first-order valence-electron chi connectivity index (χ1n) is 10.9. The minimum absolute atomic E-state index is 0.240. The van der Waals surface area contributed by atoms with Gasteiger partial charge in [0.25, 0.3) is 0 Å². The van der Waals surface area contributed by atoms with Gasteiger partial charge in [-0.05, 0) is 51.0 Å². The van der Waals surface area contributed by atoms with Crippen molar-refractivity contribution in [2.24, 2.45) is 0 Å². The predicted octanol–water partition coefficient (Wildman–Crippen LogP) is 4.16. The Morgan fingerprint density at radius 2 is 1.84 bits per heavy atom. The number of aliphatic hydroxyl groups is 1. The smallest absolute Gasteiger partial charge is 0.319 e. The first-order chi connectivity index (χ1) is 15.5. The first kappa shape index (κ1) is 22.2. The predicted molar refractivity (Wildman–Crippen MR) is 117 cm³/mol. The molecule has 170 valence electrons. The van der Waals surface area contributed by atoms with Crippen molar-refractivity contribution in [3.63, 3.8) is 0 Å². The lowest BCUT2D eigenvalue weighted by Crippen LogP contribution is -2.42. The normalized spacial score (nSPS) is 16.1. The van der Waals surface area contributed by atoms with E-state index in [9.17, 15) is 9.50 Å². The molecule has 0 bridgehead atoms. The maximum Gasteiger partial charge on any atom is 0.319 e. The van der Waals surface area contributed by atoms with E-state index in [1.165, 1.54) is 6.07 Å². The van der Waals surface area contributed by atoms with Crippen LogP contribution in [0.3, 0.4) is 0 Å². The molecule has 1 fully saturated rings. The molecule has 0 amide bonds. The molecule has 0 aliphatic carbocycles. The number of ether oxygens (including phenoxy) is 2. The van der Waals surface area contributed by atoms with E-state index in [1.807, 2.05) is 19.9 Å². The van der Waals surface area contributed by atoms with Crippen LogP contribution < -0.4 is 9.47 Å². The highest BCUT2D eigenvalue weighted by Gasteiger charge is 2.38. The highest BCUT2D eigenvalue weighted by atomic mass is 19.1. The zero-order valence-corrected chi connectivity index (χ0v) is 18.4. The number of piperidine rings is 1. The summed E-state index contributed by atoms with van der Waals surface area (Å²) in [5.74, 6) is 1.33. The Bertz CT molecular complexity index is 1050. The molecule has 1 saturated heterocycles. The van der Waals surface area contributed by atoms with E-state index in [0.717, 1.165) is 5.76 Å². The standard InChI is InChI=1S/C24H28FN3O4/c1-3-30-22-19(15-26-23(27-22)31-4-2)24(29)11-13-28(14-12-24)16-17-9-10-21(32-17)18-7-5-6-8-20(18)25/h5-10,15,29H,3-4,11-14,16H2,1-2H3. The summed E-state index contributed by atoms with van der Waals surface area (Å²) in [5.41, 5.74) is -0.0410. The Kier molecular flexibility index (Phi) is 6.72. The third kappa shape index (κ3) is 4.76. The number of furan rings is 1. The molecule has 32 heavy (non-hydrogen) atoms. The van der Waals surface area contributed by atoms with Gasteiger partial charge in [-0.3, -0.25) is 4.90 Å². The molecule has 0 spiro atoms. The van der Waals surface area contributed by atoms with Gasteiger partial charge in [0.1, 0.15) is 17.3 Å². The Balaban J connectivity index is 1.42. The van der Waals surface area contributed by atoms with Crippen molar-refractivity contribution in [2.45, 2.75) is 38.8 Å². The van der Waals surface area contributed by atoms with Crippen LogP contribution in [-0.4, -0.2) is 46.3 Å². The number of likely N-dealkylation sites (tertiary alicyclic amines) is 1. The fraction of sp³-hybridized carbons (Fsp3) is 0.417. The third-order valence-electron chi connectivity index (χ3n) is 5.65. The van der Waals surface area contributed by atoms with E-state index in [0.29, 0.717) is 68.5 Å². The van der Waals surface area contributed by atoms with Gasteiger partial charge in [0, 0.05) is 19.3 Å². The SMILES string of the molecule is CCOc1ncc(C2(O)CCN(Cc3ccc(-c4ccccc4F)o3)CC2)c(OCC)n1. The summed E-state index contributed by atoms with van der Waals surface area (Å²) in [6.07, 6.45) is 2.61. The molecule has 3 heterocycles. The molecule has 4 rings (SSSR count). The Morgan fingerprint density at radius 1 is 1.09 bits per heavy atom. The summed E-state index contributed by atoms with van der Waals surface area (Å²) < 4.78 is 30.9. The maximum atomic E-state index is 14.0. The Hall–Kier alpha value is -2.97. The second kappa shape index (κ2) is 9.67. The number of nitrogens with zero attached hydrogens (tertiary/aromatic N) is 3. The molecule has 8 heteroatoms. The summed E-state index contributed by atoms with van der Waals surface area (Å²) in [4.78, 5) is 10.8. The van der Waals surface area contributed by atoms with Crippen LogP contribution in [0.4, 0.5) is 4.39 Å². The third-order valence-corrected chi connectivity index (χ3v) is 5.65. The van der Waals surface area contributed by atoms with Crippen LogP contribution >= 0.6 is 0 Å². The van der Waals surface area contributed by atoms with Crippen LogP contribution in [0, 0.1) is 5.82 Å². The number of halogens is 1. The van der Waals surface area contributed by atoms with Crippen molar-refractivity contribution >= 4 is 0 Å². The van der Waals surface area contributed by atoms with Crippen molar-refractivity contribution < 1.29 is 23.4 Å². The molecule has 1 aliphatic rings. The molecule has 7 nitrogen and oxygen atoms in total. The minimum Gasteiger partial charge on any atom is -0.478 e. The van der Waals surface area contributed by atoms with Gasteiger partial charge < -0.3 is 19.0 Å². The van der Waals surface area contributed by atoms with Gasteiger partial charge in [-0.25, -0.2) is 9.37 Å². The minimum atomic E-state index is -1.08. The highest BCUT2D eigenvalue weighted by Crippen LogP contribution is 2.38. The summed E-state index contributed by atoms with van der Waals surface area (Å²) >= 11 is 0. The number of aromatic nitrogens is 2. The average Bonchev–Trinajstić information content (AvgIpc) is 3.25. The van der Waals surface area contributed by atoms with E-state index in [1.54, 1.807) is 30.5 Å². The zero-order valence-electron chi connectivity index (χ0n) is 18.4. The van der Waals surface area contributed by atoms with Crippen LogP contribution in [-0.2, 0) is 12.1 Å². The monoisotopic (exact) mass is 441 g/mol. The van der Waals surface area contributed by atoms with Gasteiger partial charge in [0.2, 0.25) is 5.88 Å². The van der Waals surface area contributed by atoms with Crippen molar-refractivity contribution in [3.8, 4) is 23.2 Å². The van der Waals surface area contributed by atoms with E-state index in [2.05, 4.69) is 14.9 Å². The summed E-state index contributed by atoms with van der Waals surface area (Å²) in [7, 11) is 0. The van der Waals surface area contributed by atoms with E-state index < -0.39 is 5.60 Å². The molecule has 1 N–H and O–H groups in total. The molecule has 0 saturated carbocycles. The molecule has 3 aromatic rings. The Morgan fingerprint density at radius 3 is 2.56 bits per heavy atom. The van der Waals surface area contributed by atoms with Gasteiger partial charge in [-0.1, -0.05) is 12.1 Å². The Labute approximate surface area is 186 Å². The number of rotatable bonds is 8. The largest absolute Gasteiger partial charge is 0.478 e. The lowest BCUT2D eigenvalue weighted by molar-refractivity contribution is -0.0314. The number of hydrogen-bond acceptors (Lipinski definition) is 7. The van der Waals surface area contributed by atoms with E-state index in [4.69, 9.17) is 13.9 Å². The molecule has 2 aromatic heterocycles. The maximum absolute atomic E-state index is 14.0. The number of benzene rings is 1. The van der Waals surface area contributed by atoms with Crippen molar-refractivity contribution in [2.75, 3.05) is 26.3 Å². The van der Waals surface area contributed by atoms with Crippen LogP contribution in [0.15, 0.2) is 47.0 Å². The van der Waals surface area contributed by atoms with Gasteiger partial charge in [-0.15, -0.1) is 0 Å². The van der Waals surface area contributed by atoms with Gasteiger partial charge in [0.15, 0.2) is 0 Å². The van der Waals surface area contributed by atoms with Crippen molar-refractivity contribution in [3.05, 3.63) is 59.7 Å². The quantitative estimate of drug-likeness (QED) is 0.562. The molecule has 0 radical (unpaired) electrons. The van der Waals surface area contributed by atoms with Crippen LogP contribution in [0.2, 0.25) is 0 Å². The van der Waals surface area contributed by atoms with Crippen LogP contribution in [0.25, 0.3) is 11.3 Å². The van der Waals surface area contributed by atoms with Crippen LogP contribution in [0.1, 0.15) is 38.0 Å². The van der Waals surface area contributed by atoms with E-state index in [-0.39, 0.29) is 11.8 Å². The van der Waals surface area contributed by atoms with Crippen molar-refractivity contribution in [1.29, 1.82) is 0 Å². The summed E-state index contributed by atoms with van der Waals surface area (Å²) in [6, 6.07) is 10.5. The van der Waals surface area contributed by atoms with E-state index >= 15 is 0 Å². The van der Waals surface area contributed by atoms with Gasteiger partial charge in [0.05, 0.1) is 36.5 Å². The van der Waals surface area contributed by atoms with Crippen LogP contribution in [0.5, 0.6) is 11.9 Å². The highest BCUT2D eigenvalue weighted by molar-refractivity contribution is 5.58. The lowest BCUT2D eigenvalue weighted by Gasteiger charge is -2.38.